The molecule has 3 aromatic carbocycles. The van der Waals surface area contributed by atoms with Crippen LogP contribution in [0.15, 0.2) is 104 Å². The Hall–Kier alpha value is -2.88. The number of nitrogens with zero attached hydrogens (tertiary/aromatic N) is 1. The van der Waals surface area contributed by atoms with Crippen molar-refractivity contribution in [3.05, 3.63) is 89.4 Å². The maximum Gasteiger partial charge on any atom is 0.234 e. The third kappa shape index (κ3) is 5.12. The second-order valence-corrected chi connectivity index (χ2v) is 10.5. The maximum absolute atomic E-state index is 13.3. The van der Waals surface area contributed by atoms with E-state index in [0.717, 1.165) is 21.8 Å². The number of rotatable bonds is 7. The minimum absolute atomic E-state index is 0.00641. The number of thioether (sulfide) groups is 1. The number of aromatic nitrogens is 2. The third-order valence-electron chi connectivity index (χ3n) is 4.48. The van der Waals surface area contributed by atoms with Crippen molar-refractivity contribution in [2.24, 2.45) is 0 Å². The van der Waals surface area contributed by atoms with E-state index in [9.17, 15) is 13.2 Å². The summed E-state index contributed by atoms with van der Waals surface area (Å²) in [6, 6.07) is 24.6. The lowest BCUT2D eigenvalue weighted by atomic mass is 10.2. The topological polar surface area (TPSA) is 91.9 Å². The van der Waals surface area contributed by atoms with Crippen LogP contribution >= 0.6 is 27.7 Å². The number of benzene rings is 3. The summed E-state index contributed by atoms with van der Waals surface area (Å²) >= 11 is 4.43. The van der Waals surface area contributed by atoms with Gasteiger partial charge in [-0.15, -0.1) is 0 Å². The Labute approximate surface area is 198 Å². The SMILES string of the molecule is O=C(CSc1nc(-c2ccccc2)[nH]c1S(=O)(=O)c1ccccc1)Nc1ccc(Br)cc1. The van der Waals surface area contributed by atoms with Crippen LogP contribution in [0.5, 0.6) is 0 Å². The largest absolute Gasteiger partial charge is 0.328 e. The van der Waals surface area contributed by atoms with E-state index in [4.69, 9.17) is 0 Å². The molecule has 0 aliphatic heterocycles. The summed E-state index contributed by atoms with van der Waals surface area (Å²) in [4.78, 5) is 20.1. The molecule has 0 aliphatic rings. The van der Waals surface area contributed by atoms with Crippen molar-refractivity contribution >= 4 is 49.1 Å². The highest BCUT2D eigenvalue weighted by atomic mass is 79.9. The molecule has 1 amide bonds. The molecule has 1 aromatic heterocycles. The predicted octanol–water partition coefficient (Wildman–Crippen LogP) is 5.40. The highest BCUT2D eigenvalue weighted by Gasteiger charge is 2.26. The molecular weight excluding hydrogens is 510 g/mol. The van der Waals surface area contributed by atoms with Gasteiger partial charge in [0.25, 0.3) is 0 Å². The number of halogens is 1. The lowest BCUT2D eigenvalue weighted by Gasteiger charge is -2.06. The Morgan fingerprint density at radius 1 is 0.938 bits per heavy atom. The van der Waals surface area contributed by atoms with E-state index >= 15 is 0 Å². The normalized spacial score (nSPS) is 11.3. The first kappa shape index (κ1) is 22.3. The molecule has 0 spiro atoms. The second-order valence-electron chi connectivity index (χ2n) is 6.75. The zero-order valence-corrected chi connectivity index (χ0v) is 19.9. The number of carbonyl (C=O) groups is 1. The Morgan fingerprint density at radius 2 is 1.56 bits per heavy atom. The van der Waals surface area contributed by atoms with Gasteiger partial charge in [0.1, 0.15) is 10.9 Å². The molecule has 1 heterocycles. The van der Waals surface area contributed by atoms with Crippen molar-refractivity contribution in [3.63, 3.8) is 0 Å². The highest BCUT2D eigenvalue weighted by molar-refractivity contribution is 9.10. The molecule has 0 atom stereocenters. The number of nitrogens with one attached hydrogen (secondary N) is 2. The number of sulfone groups is 1. The van der Waals surface area contributed by atoms with Crippen molar-refractivity contribution < 1.29 is 13.2 Å². The van der Waals surface area contributed by atoms with Crippen LogP contribution in [0.25, 0.3) is 11.4 Å². The molecule has 4 aromatic rings. The summed E-state index contributed by atoms with van der Waals surface area (Å²) < 4.78 is 27.5. The van der Waals surface area contributed by atoms with Crippen molar-refractivity contribution in [1.29, 1.82) is 0 Å². The summed E-state index contributed by atoms with van der Waals surface area (Å²) in [6.07, 6.45) is 0. The smallest absolute Gasteiger partial charge is 0.234 e. The average molecular weight is 528 g/mol. The van der Waals surface area contributed by atoms with Crippen LogP contribution in [0.1, 0.15) is 0 Å². The predicted molar refractivity (Wildman–Crippen MR) is 129 cm³/mol. The summed E-state index contributed by atoms with van der Waals surface area (Å²) in [5.74, 6) is 0.174. The van der Waals surface area contributed by atoms with E-state index < -0.39 is 9.84 Å². The molecule has 162 valence electrons. The third-order valence-corrected chi connectivity index (χ3v) is 7.84. The fourth-order valence-electron chi connectivity index (χ4n) is 2.94. The van der Waals surface area contributed by atoms with Crippen LogP contribution < -0.4 is 5.32 Å². The number of anilines is 1. The number of carbonyl (C=O) groups excluding carboxylic acids is 1. The molecule has 0 saturated carbocycles. The van der Waals surface area contributed by atoms with Gasteiger partial charge in [-0.3, -0.25) is 4.79 Å². The van der Waals surface area contributed by atoms with E-state index in [0.29, 0.717) is 11.5 Å². The van der Waals surface area contributed by atoms with Crippen LogP contribution in [-0.2, 0) is 14.6 Å². The zero-order valence-electron chi connectivity index (χ0n) is 16.7. The lowest BCUT2D eigenvalue weighted by Crippen LogP contribution is -2.14. The van der Waals surface area contributed by atoms with Crippen molar-refractivity contribution in [1.82, 2.24) is 9.97 Å². The molecule has 0 saturated heterocycles. The van der Waals surface area contributed by atoms with Gasteiger partial charge in [-0.25, -0.2) is 13.4 Å². The number of aromatic amines is 1. The molecule has 0 radical (unpaired) electrons. The van der Waals surface area contributed by atoms with Crippen LogP contribution in [0, 0.1) is 0 Å². The van der Waals surface area contributed by atoms with E-state index in [1.54, 1.807) is 30.3 Å². The first-order valence-electron chi connectivity index (χ1n) is 9.57. The number of H-pyrrole nitrogens is 1. The van der Waals surface area contributed by atoms with Crippen molar-refractivity contribution in [2.75, 3.05) is 11.1 Å². The van der Waals surface area contributed by atoms with E-state index in [1.807, 2.05) is 42.5 Å². The van der Waals surface area contributed by atoms with Gasteiger partial charge in [-0.2, -0.15) is 0 Å². The Bertz CT molecular complexity index is 1320. The standard InChI is InChI=1S/C23H18BrN3O3S2/c24-17-11-13-18(14-12-17)25-20(28)15-31-22-23(32(29,30)19-9-5-2-6-10-19)27-21(26-22)16-7-3-1-4-8-16/h1-14H,15H2,(H,25,28)(H,26,27). The van der Waals surface area contributed by atoms with Gasteiger partial charge >= 0.3 is 0 Å². The second kappa shape index (κ2) is 9.72. The van der Waals surface area contributed by atoms with Gasteiger partial charge in [0.15, 0.2) is 5.03 Å². The Balaban J connectivity index is 1.62. The van der Waals surface area contributed by atoms with E-state index in [1.165, 1.54) is 12.1 Å². The molecule has 2 N–H and O–H groups in total. The molecule has 0 unspecified atom stereocenters. The number of hydrogen-bond acceptors (Lipinski definition) is 5. The molecule has 0 fully saturated rings. The van der Waals surface area contributed by atoms with Gasteiger partial charge in [-0.1, -0.05) is 76.2 Å². The fraction of sp³-hybridized carbons (Fsp3) is 0.0435. The van der Waals surface area contributed by atoms with Gasteiger partial charge in [-0.05, 0) is 36.4 Å². The van der Waals surface area contributed by atoms with Gasteiger partial charge in [0, 0.05) is 15.7 Å². The zero-order chi connectivity index (χ0) is 22.6. The number of hydrogen-bond donors (Lipinski definition) is 2. The first-order chi connectivity index (χ1) is 15.4. The lowest BCUT2D eigenvalue weighted by molar-refractivity contribution is -0.113. The Kier molecular flexibility index (Phi) is 6.78. The highest BCUT2D eigenvalue weighted by Crippen LogP contribution is 2.32. The molecule has 6 nitrogen and oxygen atoms in total. The van der Waals surface area contributed by atoms with Gasteiger partial charge in [0.05, 0.1) is 10.6 Å². The molecule has 4 rings (SSSR count). The molecule has 9 heteroatoms. The molecule has 0 aliphatic carbocycles. The fourth-order valence-corrected chi connectivity index (χ4v) is 5.64. The van der Waals surface area contributed by atoms with Gasteiger partial charge < -0.3 is 10.3 Å². The summed E-state index contributed by atoms with van der Waals surface area (Å²) in [5, 5.41) is 3.02. The summed E-state index contributed by atoms with van der Waals surface area (Å²) in [6.45, 7) is 0. The van der Waals surface area contributed by atoms with Crippen molar-refractivity contribution in [2.45, 2.75) is 14.9 Å². The monoisotopic (exact) mass is 527 g/mol. The summed E-state index contributed by atoms with van der Waals surface area (Å²) in [5.41, 5.74) is 1.41. The van der Waals surface area contributed by atoms with E-state index in [2.05, 4.69) is 31.2 Å². The van der Waals surface area contributed by atoms with E-state index in [-0.39, 0.29) is 26.6 Å². The number of amides is 1. The average Bonchev–Trinajstić information content (AvgIpc) is 3.26. The van der Waals surface area contributed by atoms with Crippen molar-refractivity contribution in [3.8, 4) is 11.4 Å². The minimum Gasteiger partial charge on any atom is -0.328 e. The number of imidazole rings is 1. The minimum atomic E-state index is -3.84. The van der Waals surface area contributed by atoms with Crippen LogP contribution in [0.4, 0.5) is 5.69 Å². The molecular formula is C23H18BrN3O3S2. The quantitative estimate of drug-likeness (QED) is 0.314. The Morgan fingerprint density at radius 3 is 2.22 bits per heavy atom. The maximum atomic E-state index is 13.3. The first-order valence-corrected chi connectivity index (χ1v) is 12.8. The molecule has 0 bridgehead atoms. The van der Waals surface area contributed by atoms with Crippen LogP contribution in [0.2, 0.25) is 0 Å². The molecule has 32 heavy (non-hydrogen) atoms. The van der Waals surface area contributed by atoms with Crippen LogP contribution in [-0.4, -0.2) is 30.0 Å². The van der Waals surface area contributed by atoms with Crippen LogP contribution in [0.3, 0.4) is 0 Å². The van der Waals surface area contributed by atoms with Gasteiger partial charge in [0.2, 0.25) is 15.7 Å². The summed E-state index contributed by atoms with van der Waals surface area (Å²) in [7, 11) is -3.84.